The highest BCUT2D eigenvalue weighted by molar-refractivity contribution is 7.09. The van der Waals surface area contributed by atoms with Gasteiger partial charge in [-0.25, -0.2) is 13.8 Å². The van der Waals surface area contributed by atoms with Crippen LogP contribution in [0, 0.1) is 0 Å². The van der Waals surface area contributed by atoms with E-state index in [4.69, 9.17) is 0 Å². The average Bonchev–Trinajstić information content (AvgIpc) is 3.12. The zero-order valence-electron chi connectivity index (χ0n) is 11.4. The van der Waals surface area contributed by atoms with Crippen LogP contribution in [0.5, 0.6) is 0 Å². The number of nitrogens with zero attached hydrogens (tertiary/aromatic N) is 5. The topological polar surface area (TPSA) is 68.0 Å². The Bertz CT molecular complexity index is 814. The van der Waals surface area contributed by atoms with Crippen molar-refractivity contribution in [3.05, 3.63) is 34.0 Å². The lowest BCUT2D eigenvalue weighted by atomic mass is 9.98. The molecule has 0 spiro atoms. The van der Waals surface area contributed by atoms with Gasteiger partial charge in [-0.1, -0.05) is 0 Å². The Morgan fingerprint density at radius 2 is 2.23 bits per heavy atom. The van der Waals surface area contributed by atoms with Crippen LogP contribution in [-0.2, 0) is 12.8 Å². The number of aromatic nitrogens is 5. The highest BCUT2D eigenvalue weighted by atomic mass is 32.1. The Hall–Kier alpha value is -2.16. The van der Waals surface area contributed by atoms with Gasteiger partial charge in [-0.2, -0.15) is 4.52 Å². The Morgan fingerprint density at radius 1 is 1.32 bits per heavy atom. The maximum atomic E-state index is 12.9. The molecule has 3 heterocycles. The van der Waals surface area contributed by atoms with E-state index >= 15 is 0 Å². The molecule has 3 aromatic rings. The quantitative estimate of drug-likeness (QED) is 0.802. The summed E-state index contributed by atoms with van der Waals surface area (Å²) in [5.74, 6) is 0.110. The van der Waals surface area contributed by atoms with Crippen LogP contribution in [-0.4, -0.2) is 30.8 Å². The molecule has 0 unspecified atom stereocenters. The van der Waals surface area contributed by atoms with Crippen LogP contribution in [0.2, 0.25) is 0 Å². The van der Waals surface area contributed by atoms with Gasteiger partial charge in [-0.05, 0) is 25.0 Å². The number of nitrogens with one attached hydrogen (secondary N) is 1. The summed E-state index contributed by atoms with van der Waals surface area (Å²) in [5, 5.41) is 14.6. The molecule has 4 rings (SSSR count). The Kier molecular flexibility index (Phi) is 3.21. The molecule has 6 nitrogen and oxygen atoms in total. The van der Waals surface area contributed by atoms with Gasteiger partial charge in [0.25, 0.3) is 6.43 Å². The van der Waals surface area contributed by atoms with E-state index in [-0.39, 0.29) is 6.04 Å². The SMILES string of the molecule is FC(F)c1nnc2ccc(N[C@H]3CCc4ncsc4C3)nn12. The number of fused-ring (bicyclic) bond motifs is 2. The molecule has 22 heavy (non-hydrogen) atoms. The number of hydrogen-bond acceptors (Lipinski definition) is 6. The Morgan fingerprint density at radius 3 is 3.09 bits per heavy atom. The van der Waals surface area contributed by atoms with Crippen LogP contribution >= 0.6 is 11.3 Å². The molecule has 1 N–H and O–H groups in total. The fourth-order valence-corrected chi connectivity index (χ4v) is 3.55. The Balaban J connectivity index is 1.58. The van der Waals surface area contributed by atoms with Crippen molar-refractivity contribution < 1.29 is 8.78 Å². The van der Waals surface area contributed by atoms with Crippen molar-refractivity contribution >= 4 is 22.8 Å². The van der Waals surface area contributed by atoms with Crippen molar-refractivity contribution in [3.8, 4) is 0 Å². The van der Waals surface area contributed by atoms with Gasteiger partial charge in [-0.3, -0.25) is 0 Å². The van der Waals surface area contributed by atoms with E-state index in [0.29, 0.717) is 11.5 Å². The molecule has 0 fully saturated rings. The van der Waals surface area contributed by atoms with Crippen molar-refractivity contribution in [2.24, 2.45) is 0 Å². The summed E-state index contributed by atoms with van der Waals surface area (Å²) < 4.78 is 26.8. The molecule has 0 aromatic carbocycles. The molecule has 0 saturated heterocycles. The molecule has 1 atom stereocenters. The summed E-state index contributed by atoms with van der Waals surface area (Å²) in [7, 11) is 0. The van der Waals surface area contributed by atoms with E-state index in [1.807, 2.05) is 5.51 Å². The van der Waals surface area contributed by atoms with Gasteiger partial charge in [-0.15, -0.1) is 26.6 Å². The maximum absolute atomic E-state index is 12.9. The van der Waals surface area contributed by atoms with Crippen LogP contribution in [0.4, 0.5) is 14.6 Å². The molecular formula is C13H12F2N6S. The van der Waals surface area contributed by atoms with E-state index in [1.165, 1.54) is 10.6 Å². The van der Waals surface area contributed by atoms with Gasteiger partial charge in [0.2, 0.25) is 5.82 Å². The van der Waals surface area contributed by atoms with Crippen molar-refractivity contribution in [1.82, 2.24) is 24.8 Å². The van der Waals surface area contributed by atoms with E-state index in [1.54, 1.807) is 23.5 Å². The predicted octanol–water partition coefficient (Wildman–Crippen LogP) is 2.49. The van der Waals surface area contributed by atoms with Crippen LogP contribution in [0.3, 0.4) is 0 Å². The molecule has 9 heteroatoms. The first kappa shape index (κ1) is 13.5. The lowest BCUT2D eigenvalue weighted by molar-refractivity contribution is 0.137. The average molecular weight is 322 g/mol. The highest BCUT2D eigenvalue weighted by Gasteiger charge is 2.22. The van der Waals surface area contributed by atoms with Crippen LogP contribution in [0.25, 0.3) is 5.65 Å². The van der Waals surface area contributed by atoms with E-state index in [2.05, 4.69) is 25.6 Å². The fourth-order valence-electron chi connectivity index (χ4n) is 2.65. The van der Waals surface area contributed by atoms with Crippen LogP contribution in [0.15, 0.2) is 17.6 Å². The van der Waals surface area contributed by atoms with Crippen LogP contribution < -0.4 is 5.32 Å². The van der Waals surface area contributed by atoms with Gasteiger partial charge in [0.15, 0.2) is 5.65 Å². The fraction of sp³-hybridized carbons (Fsp3) is 0.385. The molecular weight excluding hydrogens is 310 g/mol. The third-order valence-electron chi connectivity index (χ3n) is 3.72. The van der Waals surface area contributed by atoms with Crippen molar-refractivity contribution in [2.75, 3.05) is 5.32 Å². The van der Waals surface area contributed by atoms with E-state index in [9.17, 15) is 8.78 Å². The first-order valence-corrected chi connectivity index (χ1v) is 7.77. The molecule has 114 valence electrons. The minimum absolute atomic E-state index is 0.226. The predicted molar refractivity (Wildman–Crippen MR) is 77.3 cm³/mol. The molecule has 0 amide bonds. The molecule has 0 bridgehead atoms. The summed E-state index contributed by atoms with van der Waals surface area (Å²) in [4.78, 5) is 5.61. The van der Waals surface area contributed by atoms with Gasteiger partial charge >= 0.3 is 0 Å². The van der Waals surface area contributed by atoms with Gasteiger partial charge in [0.05, 0.1) is 11.2 Å². The lowest BCUT2D eigenvalue weighted by Crippen LogP contribution is -2.27. The van der Waals surface area contributed by atoms with E-state index in [0.717, 1.165) is 23.8 Å². The summed E-state index contributed by atoms with van der Waals surface area (Å²) in [6.45, 7) is 0. The second-order valence-electron chi connectivity index (χ2n) is 5.15. The van der Waals surface area contributed by atoms with Crippen LogP contribution in [0.1, 0.15) is 29.2 Å². The molecule has 0 radical (unpaired) electrons. The van der Waals surface area contributed by atoms with Gasteiger partial charge < -0.3 is 5.32 Å². The van der Waals surface area contributed by atoms with E-state index < -0.39 is 12.2 Å². The van der Waals surface area contributed by atoms with Crippen molar-refractivity contribution in [3.63, 3.8) is 0 Å². The minimum atomic E-state index is -2.70. The maximum Gasteiger partial charge on any atom is 0.299 e. The molecule has 1 aliphatic rings. The summed E-state index contributed by atoms with van der Waals surface area (Å²) in [5.41, 5.74) is 3.35. The highest BCUT2D eigenvalue weighted by Crippen LogP contribution is 2.25. The third-order valence-corrected chi connectivity index (χ3v) is 4.62. The number of halogens is 2. The molecule has 0 aliphatic heterocycles. The molecule has 3 aromatic heterocycles. The summed E-state index contributed by atoms with van der Waals surface area (Å²) >= 11 is 1.65. The summed E-state index contributed by atoms with van der Waals surface area (Å²) in [6.07, 6.45) is 0.0459. The third kappa shape index (κ3) is 2.31. The zero-order chi connectivity index (χ0) is 15.1. The van der Waals surface area contributed by atoms with Gasteiger partial charge in [0, 0.05) is 17.3 Å². The summed E-state index contributed by atoms with van der Waals surface area (Å²) in [6, 6.07) is 3.60. The number of anilines is 1. The number of aryl methyl sites for hydroxylation is 1. The molecule has 1 aliphatic carbocycles. The zero-order valence-corrected chi connectivity index (χ0v) is 12.2. The smallest absolute Gasteiger partial charge is 0.299 e. The van der Waals surface area contributed by atoms with Crippen molar-refractivity contribution in [2.45, 2.75) is 31.7 Å². The second-order valence-corrected chi connectivity index (χ2v) is 6.09. The standard InChI is InChI=1S/C13H12F2N6S/c14-12(15)13-19-18-11-4-3-10(20-21(11)13)17-7-1-2-8-9(5-7)22-6-16-8/h3-4,6-7,12H,1-2,5H2,(H,17,20)/t7-/m0/s1. The normalized spacial score (nSPS) is 17.9. The minimum Gasteiger partial charge on any atom is -0.366 e. The number of hydrogen-bond donors (Lipinski definition) is 1. The largest absolute Gasteiger partial charge is 0.366 e. The number of thiazole rings is 1. The first-order valence-electron chi connectivity index (χ1n) is 6.89. The number of rotatable bonds is 3. The number of alkyl halides is 2. The van der Waals surface area contributed by atoms with Crippen molar-refractivity contribution in [1.29, 1.82) is 0 Å². The lowest BCUT2D eigenvalue weighted by Gasteiger charge is -2.22. The first-order chi connectivity index (χ1) is 10.7. The monoisotopic (exact) mass is 322 g/mol. The Labute approximate surface area is 128 Å². The van der Waals surface area contributed by atoms with Gasteiger partial charge in [0.1, 0.15) is 5.82 Å². The second kappa shape index (κ2) is 5.24. The molecule has 0 saturated carbocycles.